The highest BCUT2D eigenvalue weighted by Gasteiger charge is 2.21. The molecule has 3 rings (SSSR count). The van der Waals surface area contributed by atoms with E-state index in [1.54, 1.807) is 35.6 Å². The van der Waals surface area contributed by atoms with Crippen LogP contribution in [0.4, 0.5) is 4.39 Å². The predicted octanol–water partition coefficient (Wildman–Crippen LogP) is 5.02. The average molecular weight is 462 g/mol. The first-order valence-electron chi connectivity index (χ1n) is 9.89. The third-order valence-electron chi connectivity index (χ3n) is 4.93. The summed E-state index contributed by atoms with van der Waals surface area (Å²) in [5.74, 6) is -0.327. The van der Waals surface area contributed by atoms with Crippen molar-refractivity contribution in [1.29, 1.82) is 0 Å². The van der Waals surface area contributed by atoms with Gasteiger partial charge < -0.3 is 9.08 Å². The van der Waals surface area contributed by atoms with Gasteiger partial charge in [-0.1, -0.05) is 25.1 Å². The Morgan fingerprint density at radius 2 is 1.77 bits per heavy atom. The second kappa shape index (κ2) is 10.1. The number of nitrogens with zero attached hydrogens (tertiary/aromatic N) is 1. The molecule has 0 saturated heterocycles. The van der Waals surface area contributed by atoms with Crippen LogP contribution in [-0.4, -0.2) is 25.3 Å². The summed E-state index contributed by atoms with van der Waals surface area (Å²) in [5.41, 5.74) is 0.867. The minimum absolute atomic E-state index is 0.0519. The van der Waals surface area contributed by atoms with Crippen LogP contribution in [-0.2, 0) is 27.9 Å². The number of thiophene rings is 1. The number of benzene rings is 2. The summed E-state index contributed by atoms with van der Waals surface area (Å²) in [6.07, 6.45) is 1.19. The summed E-state index contributed by atoms with van der Waals surface area (Å²) in [5, 5.41) is 1.95. The minimum Gasteiger partial charge on any atom is -0.379 e. The van der Waals surface area contributed by atoms with Gasteiger partial charge in [0.25, 0.3) is 0 Å². The van der Waals surface area contributed by atoms with Gasteiger partial charge in [0.2, 0.25) is 5.91 Å². The number of carbonyl (C=O) groups is 1. The van der Waals surface area contributed by atoms with Gasteiger partial charge in [0.15, 0.2) is 0 Å². The molecule has 31 heavy (non-hydrogen) atoms. The Morgan fingerprint density at radius 1 is 1.10 bits per heavy atom. The first-order chi connectivity index (χ1) is 14.8. The van der Waals surface area contributed by atoms with Crippen molar-refractivity contribution in [2.75, 3.05) is 0 Å². The third kappa shape index (κ3) is 6.15. The quantitative estimate of drug-likeness (QED) is 0.420. The van der Waals surface area contributed by atoms with Crippen molar-refractivity contribution < 1.29 is 21.8 Å². The minimum atomic E-state index is -4.06. The standard InChI is InChI=1S/C23H24FNO4S2/c1-3-17(2)25(23(26)15-21-5-4-14-30-21)16-18-6-10-20(11-7-18)29-31(27,28)22-12-8-19(24)9-13-22/h4-14,17H,3,15-16H2,1-2H3. The molecule has 1 atom stereocenters. The fraction of sp³-hybridized carbons (Fsp3) is 0.261. The maximum absolute atomic E-state index is 13.0. The molecular weight excluding hydrogens is 437 g/mol. The number of amides is 1. The summed E-state index contributed by atoms with van der Waals surface area (Å²) < 4.78 is 42.9. The van der Waals surface area contributed by atoms with Crippen LogP contribution < -0.4 is 4.18 Å². The van der Waals surface area contributed by atoms with E-state index >= 15 is 0 Å². The smallest absolute Gasteiger partial charge is 0.339 e. The molecule has 1 aromatic heterocycles. The molecular formula is C23H24FNO4S2. The lowest BCUT2D eigenvalue weighted by atomic mass is 10.1. The van der Waals surface area contributed by atoms with Crippen LogP contribution in [0.1, 0.15) is 30.7 Å². The number of carbonyl (C=O) groups excluding carboxylic acids is 1. The number of hydrogen-bond donors (Lipinski definition) is 0. The zero-order valence-electron chi connectivity index (χ0n) is 17.3. The molecule has 3 aromatic rings. The van der Waals surface area contributed by atoms with Gasteiger partial charge >= 0.3 is 10.1 Å². The predicted molar refractivity (Wildman–Crippen MR) is 119 cm³/mol. The lowest BCUT2D eigenvalue weighted by Gasteiger charge is -2.29. The summed E-state index contributed by atoms with van der Waals surface area (Å²) in [4.78, 5) is 15.6. The fourth-order valence-electron chi connectivity index (χ4n) is 3.00. The molecule has 0 aliphatic heterocycles. The lowest BCUT2D eigenvalue weighted by Crippen LogP contribution is -2.38. The van der Waals surface area contributed by atoms with E-state index in [2.05, 4.69) is 0 Å². The largest absolute Gasteiger partial charge is 0.379 e. The molecule has 1 heterocycles. The SMILES string of the molecule is CCC(C)N(Cc1ccc(OS(=O)(=O)c2ccc(F)cc2)cc1)C(=O)Cc1cccs1. The van der Waals surface area contributed by atoms with Crippen molar-refractivity contribution in [3.63, 3.8) is 0 Å². The summed E-state index contributed by atoms with van der Waals surface area (Å²) in [6.45, 7) is 4.47. The van der Waals surface area contributed by atoms with E-state index in [-0.39, 0.29) is 22.6 Å². The maximum atomic E-state index is 13.0. The van der Waals surface area contributed by atoms with Crippen LogP contribution in [0.2, 0.25) is 0 Å². The number of rotatable bonds is 9. The van der Waals surface area contributed by atoms with Crippen molar-refractivity contribution in [2.24, 2.45) is 0 Å². The molecule has 0 N–H and O–H groups in total. The maximum Gasteiger partial charge on any atom is 0.339 e. The Balaban J connectivity index is 1.70. The topological polar surface area (TPSA) is 63.7 Å². The fourth-order valence-corrected chi connectivity index (χ4v) is 4.62. The molecule has 0 saturated carbocycles. The Bertz CT molecular complexity index is 1100. The van der Waals surface area contributed by atoms with Crippen molar-refractivity contribution in [2.45, 2.75) is 44.2 Å². The lowest BCUT2D eigenvalue weighted by molar-refractivity contribution is -0.133. The van der Waals surface area contributed by atoms with Gasteiger partial charge in [-0.3, -0.25) is 4.79 Å². The van der Waals surface area contributed by atoms with Gasteiger partial charge in [-0.2, -0.15) is 8.42 Å². The molecule has 5 nitrogen and oxygen atoms in total. The Kier molecular flexibility index (Phi) is 7.46. The summed E-state index contributed by atoms with van der Waals surface area (Å²) in [6, 6.07) is 15.0. The van der Waals surface area contributed by atoms with Gasteiger partial charge in [-0.25, -0.2) is 4.39 Å². The first kappa shape index (κ1) is 23.0. The highest BCUT2D eigenvalue weighted by molar-refractivity contribution is 7.87. The molecule has 0 fully saturated rings. The molecule has 0 spiro atoms. The van der Waals surface area contributed by atoms with Crippen molar-refractivity contribution >= 4 is 27.4 Å². The van der Waals surface area contributed by atoms with Gasteiger partial charge in [0.1, 0.15) is 16.5 Å². The van der Waals surface area contributed by atoms with Gasteiger partial charge in [0, 0.05) is 17.5 Å². The molecule has 0 aliphatic rings. The van der Waals surface area contributed by atoms with E-state index in [9.17, 15) is 17.6 Å². The number of halogens is 1. The van der Waals surface area contributed by atoms with Gasteiger partial charge in [-0.05, 0) is 66.8 Å². The zero-order chi connectivity index (χ0) is 22.4. The second-order valence-electron chi connectivity index (χ2n) is 7.17. The molecule has 0 bridgehead atoms. The Hall–Kier alpha value is -2.71. The van der Waals surface area contributed by atoms with Crippen molar-refractivity contribution in [3.05, 3.63) is 82.3 Å². The van der Waals surface area contributed by atoms with Crippen LogP contribution in [0, 0.1) is 5.82 Å². The number of hydrogen-bond acceptors (Lipinski definition) is 5. The molecule has 164 valence electrons. The van der Waals surface area contributed by atoms with Crippen LogP contribution in [0.3, 0.4) is 0 Å². The highest BCUT2D eigenvalue weighted by atomic mass is 32.2. The van der Waals surface area contributed by atoms with E-state index in [1.807, 2.05) is 36.3 Å². The average Bonchev–Trinajstić information content (AvgIpc) is 3.25. The van der Waals surface area contributed by atoms with E-state index in [0.29, 0.717) is 13.0 Å². The van der Waals surface area contributed by atoms with Crippen molar-refractivity contribution in [1.82, 2.24) is 4.90 Å². The second-order valence-corrected chi connectivity index (χ2v) is 9.75. The van der Waals surface area contributed by atoms with Crippen LogP contribution in [0.15, 0.2) is 70.9 Å². The Morgan fingerprint density at radius 3 is 2.35 bits per heavy atom. The third-order valence-corrected chi connectivity index (χ3v) is 7.07. The van der Waals surface area contributed by atoms with E-state index in [4.69, 9.17) is 4.18 Å². The van der Waals surface area contributed by atoms with E-state index < -0.39 is 15.9 Å². The van der Waals surface area contributed by atoms with Crippen molar-refractivity contribution in [3.8, 4) is 5.75 Å². The van der Waals surface area contributed by atoms with Crippen LogP contribution >= 0.6 is 11.3 Å². The molecule has 0 aliphatic carbocycles. The summed E-state index contributed by atoms with van der Waals surface area (Å²) in [7, 11) is -4.06. The monoisotopic (exact) mass is 461 g/mol. The Labute approximate surface area is 186 Å². The molecule has 8 heteroatoms. The molecule has 2 aromatic carbocycles. The first-order valence-corrected chi connectivity index (χ1v) is 12.2. The highest BCUT2D eigenvalue weighted by Crippen LogP contribution is 2.21. The molecule has 1 unspecified atom stereocenters. The molecule has 1 amide bonds. The van der Waals surface area contributed by atoms with Crippen LogP contribution in [0.25, 0.3) is 0 Å². The normalized spacial score (nSPS) is 12.4. The van der Waals surface area contributed by atoms with Crippen LogP contribution in [0.5, 0.6) is 5.75 Å². The van der Waals surface area contributed by atoms with Gasteiger partial charge in [0.05, 0.1) is 6.42 Å². The van der Waals surface area contributed by atoms with E-state index in [0.717, 1.165) is 41.1 Å². The van der Waals surface area contributed by atoms with Gasteiger partial charge in [-0.15, -0.1) is 11.3 Å². The molecule has 0 radical (unpaired) electrons. The zero-order valence-corrected chi connectivity index (χ0v) is 19.0. The summed E-state index contributed by atoms with van der Waals surface area (Å²) >= 11 is 1.56. The van der Waals surface area contributed by atoms with E-state index in [1.165, 1.54) is 0 Å².